The van der Waals surface area contributed by atoms with Gasteiger partial charge in [0.1, 0.15) is 11.3 Å². The largest absolute Gasteiger partial charge is 0.274 e. The first-order chi connectivity index (χ1) is 17.3. The van der Waals surface area contributed by atoms with Crippen molar-refractivity contribution in [1.82, 2.24) is 19.4 Å². The maximum atomic E-state index is 4.97. The van der Waals surface area contributed by atoms with Crippen molar-refractivity contribution < 1.29 is 0 Å². The van der Waals surface area contributed by atoms with E-state index in [-0.39, 0.29) is 0 Å². The molecule has 0 amide bonds. The van der Waals surface area contributed by atoms with Crippen molar-refractivity contribution in [3.63, 3.8) is 0 Å². The van der Waals surface area contributed by atoms with Crippen LogP contribution in [0.15, 0.2) is 85.2 Å². The van der Waals surface area contributed by atoms with Gasteiger partial charge in [0.05, 0.1) is 5.52 Å². The summed E-state index contributed by atoms with van der Waals surface area (Å²) in [5, 5.41) is 3.50. The molecule has 4 aromatic heterocycles. The molecule has 35 heavy (non-hydrogen) atoms. The number of benzene rings is 3. The van der Waals surface area contributed by atoms with Gasteiger partial charge in [-0.1, -0.05) is 36.4 Å². The summed E-state index contributed by atoms with van der Waals surface area (Å²) in [4.78, 5) is 14.3. The lowest BCUT2D eigenvalue weighted by Crippen LogP contribution is -1.95. The smallest absolute Gasteiger partial charge is 0.178 e. The van der Waals surface area contributed by atoms with Gasteiger partial charge in [-0.15, -0.1) is 0 Å². The standard InChI is InChI=1S/C31H18N4/c1-2-6-20-17(5-1)13-18-9-10-21-23-16-26-24(14-19(23)15-25(21)28(18)20)22-7-3-12-33-30(22)35-27-8-4-11-32-29(27)34-31(26)35/h1-12,14,16H,13,15H2. The number of fused-ring (bicyclic) bond motifs is 15. The van der Waals surface area contributed by atoms with Crippen LogP contribution in [0.4, 0.5) is 0 Å². The van der Waals surface area contributed by atoms with E-state index in [1.54, 1.807) is 6.20 Å². The minimum absolute atomic E-state index is 0.752. The van der Waals surface area contributed by atoms with E-state index in [4.69, 9.17) is 9.97 Å². The molecule has 0 N–H and O–H groups in total. The fraction of sp³-hybridized carbons (Fsp3) is 0.0645. The Labute approximate surface area is 200 Å². The summed E-state index contributed by atoms with van der Waals surface area (Å²) in [5.74, 6) is 0. The van der Waals surface area contributed by atoms with Gasteiger partial charge >= 0.3 is 0 Å². The lowest BCUT2D eigenvalue weighted by molar-refractivity contribution is 1.23. The number of aromatic nitrogens is 4. The Kier molecular flexibility index (Phi) is 3.11. The first-order valence-electron chi connectivity index (χ1n) is 12.0. The average Bonchev–Trinajstić information content (AvgIpc) is 3.58. The van der Waals surface area contributed by atoms with Crippen molar-refractivity contribution in [2.75, 3.05) is 0 Å². The summed E-state index contributed by atoms with van der Waals surface area (Å²) in [6, 6.07) is 26.5. The molecule has 0 spiro atoms. The third-order valence-electron chi connectivity index (χ3n) is 7.93. The molecule has 7 aromatic rings. The van der Waals surface area contributed by atoms with Gasteiger partial charge < -0.3 is 0 Å². The van der Waals surface area contributed by atoms with Crippen LogP contribution in [0.1, 0.15) is 22.3 Å². The Morgan fingerprint density at radius 1 is 0.600 bits per heavy atom. The van der Waals surface area contributed by atoms with Crippen molar-refractivity contribution >= 4 is 38.6 Å². The Hall–Kier alpha value is -4.57. The Morgan fingerprint density at radius 2 is 1.51 bits per heavy atom. The number of pyridine rings is 3. The number of hydrogen-bond acceptors (Lipinski definition) is 3. The van der Waals surface area contributed by atoms with Crippen LogP contribution in [-0.4, -0.2) is 19.4 Å². The van der Waals surface area contributed by atoms with Crippen molar-refractivity contribution in [1.29, 1.82) is 0 Å². The molecule has 0 bridgehead atoms. The zero-order valence-electron chi connectivity index (χ0n) is 18.8. The molecule has 0 saturated carbocycles. The maximum Gasteiger partial charge on any atom is 0.178 e. The van der Waals surface area contributed by atoms with Gasteiger partial charge in [0.2, 0.25) is 0 Å². The molecule has 162 valence electrons. The molecule has 0 fully saturated rings. The number of imidazole rings is 1. The summed E-state index contributed by atoms with van der Waals surface area (Å²) < 4.78 is 2.17. The second-order valence-corrected chi connectivity index (χ2v) is 9.68. The summed E-state index contributed by atoms with van der Waals surface area (Å²) in [6.45, 7) is 0. The maximum absolute atomic E-state index is 4.97. The summed E-state index contributed by atoms with van der Waals surface area (Å²) in [5.41, 5.74) is 14.9. The predicted molar refractivity (Wildman–Crippen MR) is 140 cm³/mol. The van der Waals surface area contributed by atoms with Crippen LogP contribution in [0.3, 0.4) is 0 Å². The molecule has 4 heterocycles. The Morgan fingerprint density at radius 3 is 2.51 bits per heavy atom. The van der Waals surface area contributed by atoms with Gasteiger partial charge in [-0.2, -0.15) is 0 Å². The van der Waals surface area contributed by atoms with Gasteiger partial charge in [0, 0.05) is 23.2 Å². The fourth-order valence-electron chi connectivity index (χ4n) is 6.47. The lowest BCUT2D eigenvalue weighted by Gasteiger charge is -2.11. The molecule has 2 aliphatic carbocycles. The number of rotatable bonds is 0. The van der Waals surface area contributed by atoms with Crippen molar-refractivity contribution in [3.8, 4) is 22.3 Å². The van der Waals surface area contributed by atoms with E-state index in [0.717, 1.165) is 46.1 Å². The minimum atomic E-state index is 0.752. The summed E-state index contributed by atoms with van der Waals surface area (Å²) >= 11 is 0. The predicted octanol–water partition coefficient (Wildman–Crippen LogP) is 6.73. The third kappa shape index (κ3) is 2.15. The average molecular weight is 447 g/mol. The molecule has 9 rings (SSSR count). The Bertz CT molecular complexity index is 2070. The van der Waals surface area contributed by atoms with Gasteiger partial charge in [-0.25, -0.2) is 15.0 Å². The highest BCUT2D eigenvalue weighted by molar-refractivity contribution is 6.14. The van der Waals surface area contributed by atoms with E-state index in [9.17, 15) is 0 Å². The zero-order chi connectivity index (χ0) is 22.7. The van der Waals surface area contributed by atoms with Gasteiger partial charge in [-0.3, -0.25) is 4.40 Å². The van der Waals surface area contributed by atoms with Gasteiger partial charge in [0.15, 0.2) is 5.65 Å². The first-order valence-corrected chi connectivity index (χ1v) is 12.0. The van der Waals surface area contributed by atoms with Crippen LogP contribution in [0, 0.1) is 0 Å². The van der Waals surface area contributed by atoms with E-state index in [1.165, 1.54) is 49.9 Å². The minimum Gasteiger partial charge on any atom is -0.274 e. The quantitative estimate of drug-likeness (QED) is 0.243. The molecule has 0 aliphatic heterocycles. The molecule has 4 heteroatoms. The van der Waals surface area contributed by atoms with Crippen molar-refractivity contribution in [3.05, 3.63) is 107 Å². The van der Waals surface area contributed by atoms with E-state index in [2.05, 4.69) is 70.0 Å². The number of nitrogens with zero attached hydrogens (tertiary/aromatic N) is 4. The summed E-state index contributed by atoms with van der Waals surface area (Å²) in [6.07, 6.45) is 5.66. The van der Waals surface area contributed by atoms with E-state index < -0.39 is 0 Å². The summed E-state index contributed by atoms with van der Waals surface area (Å²) in [7, 11) is 0. The molecule has 3 aromatic carbocycles. The van der Waals surface area contributed by atoms with Crippen molar-refractivity contribution in [2.24, 2.45) is 0 Å². The SMILES string of the molecule is c1ccc2c(c1)Cc1ccc3c(c1-2)Cc1cc2c4cccnc4n4c5cccnc5nc4c2cc1-3. The van der Waals surface area contributed by atoms with Crippen LogP contribution in [0.5, 0.6) is 0 Å². The van der Waals surface area contributed by atoms with Crippen LogP contribution in [0.2, 0.25) is 0 Å². The highest BCUT2D eigenvalue weighted by atomic mass is 15.1. The Balaban J connectivity index is 1.41. The first kappa shape index (κ1) is 17.8. The van der Waals surface area contributed by atoms with E-state index in [0.29, 0.717) is 0 Å². The lowest BCUT2D eigenvalue weighted by atomic mass is 9.95. The molecule has 0 atom stereocenters. The molecular formula is C31H18N4. The zero-order valence-corrected chi connectivity index (χ0v) is 18.8. The molecular weight excluding hydrogens is 428 g/mol. The van der Waals surface area contributed by atoms with Crippen LogP contribution in [-0.2, 0) is 12.8 Å². The van der Waals surface area contributed by atoms with Gasteiger partial charge in [0.25, 0.3) is 0 Å². The molecule has 0 radical (unpaired) electrons. The fourth-order valence-corrected chi connectivity index (χ4v) is 6.47. The van der Waals surface area contributed by atoms with Crippen LogP contribution < -0.4 is 0 Å². The molecule has 4 nitrogen and oxygen atoms in total. The van der Waals surface area contributed by atoms with Crippen LogP contribution in [0.25, 0.3) is 60.9 Å². The van der Waals surface area contributed by atoms with E-state index >= 15 is 0 Å². The second kappa shape index (κ2) is 6.10. The second-order valence-electron chi connectivity index (χ2n) is 9.68. The molecule has 2 aliphatic rings. The topological polar surface area (TPSA) is 43.1 Å². The highest BCUT2D eigenvalue weighted by Gasteiger charge is 2.29. The normalized spacial score (nSPS) is 13.5. The monoisotopic (exact) mass is 446 g/mol. The van der Waals surface area contributed by atoms with Crippen LogP contribution >= 0.6 is 0 Å². The molecule has 0 unspecified atom stereocenters. The van der Waals surface area contributed by atoms with E-state index in [1.807, 2.05) is 18.3 Å². The van der Waals surface area contributed by atoms with Gasteiger partial charge in [-0.05, 0) is 99.1 Å². The number of hydrogen-bond donors (Lipinski definition) is 0. The van der Waals surface area contributed by atoms with Crippen molar-refractivity contribution in [2.45, 2.75) is 12.8 Å². The molecule has 0 saturated heterocycles. The third-order valence-corrected chi connectivity index (χ3v) is 7.93. The highest BCUT2D eigenvalue weighted by Crippen LogP contribution is 2.49.